The molecule has 1 aromatic heterocycles. The molecule has 0 spiro atoms. The first kappa shape index (κ1) is 25.9. The fourth-order valence-electron chi connectivity index (χ4n) is 4.15. The lowest BCUT2D eigenvalue weighted by molar-refractivity contribution is -0.384. The van der Waals surface area contributed by atoms with Gasteiger partial charge in [-0.1, -0.05) is 84.6 Å². The van der Waals surface area contributed by atoms with Crippen LogP contribution in [0.25, 0.3) is 10.9 Å². The van der Waals surface area contributed by atoms with E-state index in [1.165, 1.54) is 23.9 Å². The number of carbonyl (C=O) groups is 1. The molecule has 0 aliphatic heterocycles. The maximum absolute atomic E-state index is 13.6. The highest BCUT2D eigenvalue weighted by molar-refractivity contribution is 7.98. The maximum atomic E-state index is 13.6. The fraction of sp³-hybridized carbons (Fsp3) is 0.100. The summed E-state index contributed by atoms with van der Waals surface area (Å²) in [5, 5.41) is 15.0. The van der Waals surface area contributed by atoms with Crippen LogP contribution in [0.5, 0.6) is 0 Å². The van der Waals surface area contributed by atoms with Gasteiger partial charge in [0.15, 0.2) is 5.16 Å². The number of benzene rings is 4. The lowest BCUT2D eigenvalue weighted by Crippen LogP contribution is -2.25. The van der Waals surface area contributed by atoms with Gasteiger partial charge in [0.1, 0.15) is 0 Å². The summed E-state index contributed by atoms with van der Waals surface area (Å²) >= 11 is 1.32. The number of hydrogen-bond acceptors (Lipinski definition) is 6. The predicted molar refractivity (Wildman–Crippen MR) is 152 cm³/mol. The standard InChI is InChI=1S/C30H24N4O4S/c35-28(31-18-21-8-3-1-4-9-21)24-14-15-26-27(17-24)32-30(33(29(26)36)19-22-10-5-2-6-11-22)39-20-23-12-7-13-25(16-23)34(37)38/h1-17H,18-20H2,(H,31,35). The zero-order valence-corrected chi connectivity index (χ0v) is 21.6. The van der Waals surface area contributed by atoms with Gasteiger partial charge in [-0.15, -0.1) is 0 Å². The van der Waals surface area contributed by atoms with Crippen LogP contribution < -0.4 is 10.9 Å². The molecule has 0 saturated heterocycles. The molecule has 0 bridgehead atoms. The normalized spacial score (nSPS) is 10.9. The van der Waals surface area contributed by atoms with E-state index in [0.29, 0.717) is 40.5 Å². The number of hydrogen-bond donors (Lipinski definition) is 1. The van der Waals surface area contributed by atoms with Crippen molar-refractivity contribution in [2.75, 3.05) is 0 Å². The Kier molecular flexibility index (Phi) is 7.79. The second-order valence-corrected chi connectivity index (χ2v) is 9.83. The lowest BCUT2D eigenvalue weighted by Gasteiger charge is -2.14. The van der Waals surface area contributed by atoms with Gasteiger partial charge in [-0.05, 0) is 34.9 Å². The lowest BCUT2D eigenvalue weighted by atomic mass is 10.1. The van der Waals surface area contributed by atoms with Gasteiger partial charge in [0, 0.05) is 30.0 Å². The van der Waals surface area contributed by atoms with Gasteiger partial charge in [0.2, 0.25) is 0 Å². The number of nitrogens with zero attached hydrogens (tertiary/aromatic N) is 3. The third kappa shape index (κ3) is 6.22. The van der Waals surface area contributed by atoms with Crippen LogP contribution in [0.2, 0.25) is 0 Å². The Balaban J connectivity index is 1.47. The molecule has 1 N–H and O–H groups in total. The van der Waals surface area contributed by atoms with E-state index < -0.39 is 4.92 Å². The van der Waals surface area contributed by atoms with Gasteiger partial charge >= 0.3 is 0 Å². The van der Waals surface area contributed by atoms with E-state index in [-0.39, 0.29) is 17.2 Å². The summed E-state index contributed by atoms with van der Waals surface area (Å²) < 4.78 is 1.61. The van der Waals surface area contributed by atoms with Crippen molar-refractivity contribution in [2.45, 2.75) is 24.0 Å². The van der Waals surface area contributed by atoms with Crippen molar-refractivity contribution in [3.63, 3.8) is 0 Å². The third-order valence-corrected chi connectivity index (χ3v) is 7.20. The predicted octanol–water partition coefficient (Wildman–Crippen LogP) is 5.58. The van der Waals surface area contributed by atoms with Crippen LogP contribution in [0.3, 0.4) is 0 Å². The van der Waals surface area contributed by atoms with Crippen molar-refractivity contribution in [3.8, 4) is 0 Å². The largest absolute Gasteiger partial charge is 0.348 e. The Morgan fingerprint density at radius 1 is 0.872 bits per heavy atom. The highest BCUT2D eigenvalue weighted by Gasteiger charge is 2.16. The summed E-state index contributed by atoms with van der Waals surface area (Å²) in [6.07, 6.45) is 0. The molecule has 0 saturated carbocycles. The molecule has 194 valence electrons. The zero-order valence-electron chi connectivity index (χ0n) is 20.8. The number of nitro benzene ring substituents is 1. The van der Waals surface area contributed by atoms with E-state index in [1.807, 2.05) is 60.7 Å². The van der Waals surface area contributed by atoms with Gasteiger partial charge in [-0.3, -0.25) is 24.3 Å². The Morgan fingerprint density at radius 2 is 1.56 bits per heavy atom. The van der Waals surface area contributed by atoms with Gasteiger partial charge < -0.3 is 5.32 Å². The summed E-state index contributed by atoms with van der Waals surface area (Å²) in [4.78, 5) is 42.0. The maximum Gasteiger partial charge on any atom is 0.269 e. The molecule has 8 nitrogen and oxygen atoms in total. The van der Waals surface area contributed by atoms with Crippen molar-refractivity contribution in [1.29, 1.82) is 0 Å². The van der Waals surface area contributed by atoms with E-state index in [2.05, 4.69) is 5.32 Å². The van der Waals surface area contributed by atoms with E-state index in [9.17, 15) is 19.7 Å². The average molecular weight is 537 g/mol. The van der Waals surface area contributed by atoms with Crippen LogP contribution in [0.1, 0.15) is 27.0 Å². The van der Waals surface area contributed by atoms with E-state index in [0.717, 1.165) is 16.7 Å². The number of thioether (sulfide) groups is 1. The molecule has 0 atom stereocenters. The smallest absolute Gasteiger partial charge is 0.269 e. The van der Waals surface area contributed by atoms with Gasteiger partial charge in [-0.25, -0.2) is 4.98 Å². The number of carbonyl (C=O) groups excluding carboxylic acids is 1. The number of nitro groups is 1. The van der Waals surface area contributed by atoms with Crippen molar-refractivity contribution in [3.05, 3.63) is 146 Å². The first-order chi connectivity index (χ1) is 19.0. The van der Waals surface area contributed by atoms with E-state index >= 15 is 0 Å². The Morgan fingerprint density at radius 3 is 2.28 bits per heavy atom. The van der Waals surface area contributed by atoms with Crippen molar-refractivity contribution in [2.24, 2.45) is 0 Å². The Labute approximate surface area is 228 Å². The molecule has 5 rings (SSSR count). The minimum atomic E-state index is -0.432. The summed E-state index contributed by atoms with van der Waals surface area (Å²) in [6.45, 7) is 0.702. The van der Waals surface area contributed by atoms with Gasteiger partial charge in [-0.2, -0.15) is 0 Å². The minimum Gasteiger partial charge on any atom is -0.348 e. The quantitative estimate of drug-likeness (QED) is 0.114. The van der Waals surface area contributed by atoms with Crippen LogP contribution in [0.15, 0.2) is 113 Å². The highest BCUT2D eigenvalue weighted by Crippen LogP contribution is 2.25. The highest BCUT2D eigenvalue weighted by atomic mass is 32.2. The van der Waals surface area contributed by atoms with Crippen LogP contribution in [0.4, 0.5) is 5.69 Å². The number of non-ortho nitro benzene ring substituents is 1. The molecule has 39 heavy (non-hydrogen) atoms. The van der Waals surface area contributed by atoms with Crippen molar-refractivity contribution < 1.29 is 9.72 Å². The van der Waals surface area contributed by atoms with Crippen LogP contribution >= 0.6 is 11.8 Å². The summed E-state index contributed by atoms with van der Waals surface area (Å²) in [6, 6.07) is 30.5. The molecule has 9 heteroatoms. The molecule has 1 amide bonds. The molecule has 0 fully saturated rings. The summed E-state index contributed by atoms with van der Waals surface area (Å²) in [5.74, 6) is 0.118. The molecule has 0 aliphatic rings. The first-order valence-electron chi connectivity index (χ1n) is 12.2. The average Bonchev–Trinajstić information content (AvgIpc) is 2.97. The number of nitrogens with one attached hydrogen (secondary N) is 1. The minimum absolute atomic E-state index is 0.00686. The summed E-state index contributed by atoms with van der Waals surface area (Å²) in [5.41, 5.74) is 3.26. The second kappa shape index (κ2) is 11.7. The van der Waals surface area contributed by atoms with Crippen molar-refractivity contribution >= 4 is 34.3 Å². The van der Waals surface area contributed by atoms with Crippen LogP contribution in [-0.4, -0.2) is 20.4 Å². The molecule has 0 unspecified atom stereocenters. The molecule has 4 aromatic carbocycles. The number of amides is 1. The van der Waals surface area contributed by atoms with E-state index in [1.54, 1.807) is 34.9 Å². The zero-order chi connectivity index (χ0) is 27.2. The topological polar surface area (TPSA) is 107 Å². The van der Waals surface area contributed by atoms with Gasteiger partial charge in [0.05, 0.1) is 22.4 Å². The number of aromatic nitrogens is 2. The Bertz CT molecular complexity index is 1710. The SMILES string of the molecule is O=C(NCc1ccccc1)c1ccc2c(=O)n(Cc3ccccc3)c(SCc3cccc([N+](=O)[O-])c3)nc2c1. The molecule has 1 heterocycles. The van der Waals surface area contributed by atoms with Crippen LogP contribution in [0, 0.1) is 10.1 Å². The van der Waals surface area contributed by atoms with E-state index in [4.69, 9.17) is 4.98 Å². The molecular weight excluding hydrogens is 512 g/mol. The van der Waals surface area contributed by atoms with Crippen LogP contribution in [-0.2, 0) is 18.8 Å². The second-order valence-electron chi connectivity index (χ2n) is 8.89. The molecule has 0 aliphatic carbocycles. The summed E-state index contributed by atoms with van der Waals surface area (Å²) in [7, 11) is 0. The Hall–Kier alpha value is -4.76. The van der Waals surface area contributed by atoms with Crippen molar-refractivity contribution in [1.82, 2.24) is 14.9 Å². The monoisotopic (exact) mass is 536 g/mol. The number of rotatable bonds is 9. The fourth-order valence-corrected chi connectivity index (χ4v) is 5.09. The number of fused-ring (bicyclic) bond motifs is 1. The van der Waals surface area contributed by atoms with Gasteiger partial charge in [0.25, 0.3) is 17.2 Å². The molecular formula is C30H24N4O4S. The third-order valence-electron chi connectivity index (χ3n) is 6.15. The first-order valence-corrected chi connectivity index (χ1v) is 13.2. The molecule has 5 aromatic rings. The molecule has 0 radical (unpaired) electrons.